The van der Waals surface area contributed by atoms with Crippen LogP contribution in [-0.4, -0.2) is 30.6 Å². The summed E-state index contributed by atoms with van der Waals surface area (Å²) in [6.45, 7) is 9.34. The summed E-state index contributed by atoms with van der Waals surface area (Å²) in [5.74, 6) is 1.49. The van der Waals surface area contributed by atoms with E-state index in [9.17, 15) is 0 Å². The van der Waals surface area contributed by atoms with Crippen molar-refractivity contribution < 1.29 is 0 Å². The van der Waals surface area contributed by atoms with Crippen molar-refractivity contribution in [2.75, 3.05) is 19.6 Å². The van der Waals surface area contributed by atoms with Crippen LogP contribution in [0.2, 0.25) is 0 Å². The van der Waals surface area contributed by atoms with E-state index in [1.807, 2.05) is 0 Å². The SMILES string of the molecule is CC(C)c1ccc(CNCC2CCN(C3CC3)C2)cc1. The standard InChI is InChI=1S/C18H28N2/c1-14(2)17-5-3-15(4-6-17)11-19-12-16-9-10-20(13-16)18-7-8-18/h3-6,14,16,18-19H,7-13H2,1-2H3. The summed E-state index contributed by atoms with van der Waals surface area (Å²) in [7, 11) is 0. The Morgan fingerprint density at radius 2 is 1.90 bits per heavy atom. The van der Waals surface area contributed by atoms with Gasteiger partial charge in [0.15, 0.2) is 0 Å². The second-order valence-electron chi connectivity index (χ2n) is 6.91. The molecule has 0 aromatic heterocycles. The number of nitrogens with zero attached hydrogens (tertiary/aromatic N) is 1. The van der Waals surface area contributed by atoms with Crippen LogP contribution in [0, 0.1) is 5.92 Å². The summed E-state index contributed by atoms with van der Waals surface area (Å²) in [6, 6.07) is 10.0. The zero-order chi connectivity index (χ0) is 13.9. The van der Waals surface area contributed by atoms with Crippen LogP contribution in [0.3, 0.4) is 0 Å². The first-order chi connectivity index (χ1) is 9.72. The number of nitrogens with one attached hydrogen (secondary N) is 1. The van der Waals surface area contributed by atoms with Gasteiger partial charge in [-0.15, -0.1) is 0 Å². The topological polar surface area (TPSA) is 15.3 Å². The molecule has 0 spiro atoms. The van der Waals surface area contributed by atoms with Gasteiger partial charge in [-0.3, -0.25) is 0 Å². The predicted molar refractivity (Wildman–Crippen MR) is 84.9 cm³/mol. The molecule has 1 aromatic rings. The van der Waals surface area contributed by atoms with Crippen molar-refractivity contribution in [3.63, 3.8) is 0 Å². The zero-order valence-corrected chi connectivity index (χ0v) is 12.9. The molecule has 1 atom stereocenters. The summed E-state index contributed by atoms with van der Waals surface area (Å²) in [5.41, 5.74) is 2.84. The van der Waals surface area contributed by atoms with E-state index in [1.54, 1.807) is 0 Å². The fraction of sp³-hybridized carbons (Fsp3) is 0.667. The van der Waals surface area contributed by atoms with Crippen LogP contribution in [-0.2, 0) is 6.54 Å². The van der Waals surface area contributed by atoms with E-state index in [1.165, 1.54) is 50.0 Å². The average Bonchev–Trinajstić information content (AvgIpc) is 3.20. The van der Waals surface area contributed by atoms with Gasteiger partial charge in [-0.1, -0.05) is 38.1 Å². The molecule has 1 N–H and O–H groups in total. The highest BCUT2D eigenvalue weighted by atomic mass is 15.2. The molecule has 1 heterocycles. The summed E-state index contributed by atoms with van der Waals surface area (Å²) in [4.78, 5) is 2.70. The molecule has 0 radical (unpaired) electrons. The van der Waals surface area contributed by atoms with E-state index in [4.69, 9.17) is 0 Å². The number of hydrogen-bond donors (Lipinski definition) is 1. The third-order valence-electron chi connectivity index (χ3n) is 4.79. The lowest BCUT2D eigenvalue weighted by molar-refractivity contribution is 0.312. The lowest BCUT2D eigenvalue weighted by Gasteiger charge is -2.15. The third-order valence-corrected chi connectivity index (χ3v) is 4.79. The molecule has 110 valence electrons. The fourth-order valence-electron chi connectivity index (χ4n) is 3.24. The first-order valence-electron chi connectivity index (χ1n) is 8.26. The molecule has 2 fully saturated rings. The van der Waals surface area contributed by atoms with Crippen molar-refractivity contribution in [1.82, 2.24) is 10.2 Å². The fourth-order valence-corrected chi connectivity index (χ4v) is 3.24. The van der Waals surface area contributed by atoms with E-state index in [0.29, 0.717) is 5.92 Å². The van der Waals surface area contributed by atoms with E-state index >= 15 is 0 Å². The molecule has 0 bridgehead atoms. The molecule has 1 aliphatic heterocycles. The van der Waals surface area contributed by atoms with Gasteiger partial charge in [0, 0.05) is 19.1 Å². The minimum Gasteiger partial charge on any atom is -0.312 e. The van der Waals surface area contributed by atoms with Gasteiger partial charge < -0.3 is 10.2 Å². The molecule has 20 heavy (non-hydrogen) atoms. The predicted octanol–water partition coefficient (Wildman–Crippen LogP) is 3.38. The Labute approximate surface area is 123 Å². The van der Waals surface area contributed by atoms with E-state index in [0.717, 1.165) is 18.5 Å². The maximum absolute atomic E-state index is 3.65. The molecule has 1 unspecified atom stereocenters. The Kier molecular flexibility index (Phi) is 4.42. The van der Waals surface area contributed by atoms with Gasteiger partial charge in [0.05, 0.1) is 0 Å². The van der Waals surface area contributed by atoms with Crippen LogP contribution >= 0.6 is 0 Å². The molecule has 2 heteroatoms. The van der Waals surface area contributed by atoms with Crippen LogP contribution < -0.4 is 5.32 Å². The average molecular weight is 272 g/mol. The molecule has 1 aromatic carbocycles. The van der Waals surface area contributed by atoms with Gasteiger partial charge in [0.1, 0.15) is 0 Å². The molecule has 1 saturated carbocycles. The van der Waals surface area contributed by atoms with Crippen LogP contribution in [0.4, 0.5) is 0 Å². The lowest BCUT2D eigenvalue weighted by atomic mass is 10.0. The molecule has 2 aliphatic rings. The summed E-state index contributed by atoms with van der Waals surface area (Å²) in [6.07, 6.45) is 4.28. The highest BCUT2D eigenvalue weighted by Crippen LogP contribution is 2.31. The Bertz CT molecular complexity index is 420. The minimum atomic E-state index is 0.629. The Morgan fingerprint density at radius 3 is 2.55 bits per heavy atom. The van der Waals surface area contributed by atoms with E-state index < -0.39 is 0 Å². The summed E-state index contributed by atoms with van der Waals surface area (Å²) in [5, 5.41) is 3.65. The molecule has 1 aliphatic carbocycles. The number of benzene rings is 1. The van der Waals surface area contributed by atoms with Crippen molar-refractivity contribution in [1.29, 1.82) is 0 Å². The molecule has 2 nitrogen and oxygen atoms in total. The van der Waals surface area contributed by atoms with E-state index in [2.05, 4.69) is 48.3 Å². The maximum atomic E-state index is 3.65. The van der Waals surface area contributed by atoms with Gasteiger partial charge in [0.25, 0.3) is 0 Å². The van der Waals surface area contributed by atoms with Crippen molar-refractivity contribution in [3.05, 3.63) is 35.4 Å². The van der Waals surface area contributed by atoms with Crippen LogP contribution in [0.5, 0.6) is 0 Å². The second-order valence-corrected chi connectivity index (χ2v) is 6.91. The quantitative estimate of drug-likeness (QED) is 0.854. The molecular weight excluding hydrogens is 244 g/mol. The van der Waals surface area contributed by atoms with E-state index in [-0.39, 0.29) is 0 Å². The first kappa shape index (κ1) is 14.1. The van der Waals surface area contributed by atoms with Crippen molar-refractivity contribution in [3.8, 4) is 0 Å². The summed E-state index contributed by atoms with van der Waals surface area (Å²) >= 11 is 0. The maximum Gasteiger partial charge on any atom is 0.0205 e. The van der Waals surface area contributed by atoms with Gasteiger partial charge in [0.2, 0.25) is 0 Å². The Hall–Kier alpha value is -0.860. The summed E-state index contributed by atoms with van der Waals surface area (Å²) < 4.78 is 0. The third kappa shape index (κ3) is 3.62. The van der Waals surface area contributed by atoms with Crippen LogP contribution in [0.1, 0.15) is 50.2 Å². The van der Waals surface area contributed by atoms with Crippen molar-refractivity contribution in [2.24, 2.45) is 5.92 Å². The van der Waals surface area contributed by atoms with Crippen LogP contribution in [0.25, 0.3) is 0 Å². The molecule has 0 amide bonds. The number of likely N-dealkylation sites (tertiary alicyclic amines) is 1. The van der Waals surface area contributed by atoms with Gasteiger partial charge >= 0.3 is 0 Å². The monoisotopic (exact) mass is 272 g/mol. The van der Waals surface area contributed by atoms with Crippen LogP contribution in [0.15, 0.2) is 24.3 Å². The molecule has 3 rings (SSSR count). The highest BCUT2D eigenvalue weighted by Gasteiger charge is 2.33. The minimum absolute atomic E-state index is 0.629. The van der Waals surface area contributed by atoms with Crippen molar-refractivity contribution in [2.45, 2.75) is 51.6 Å². The van der Waals surface area contributed by atoms with Gasteiger partial charge in [-0.2, -0.15) is 0 Å². The highest BCUT2D eigenvalue weighted by molar-refractivity contribution is 5.24. The smallest absolute Gasteiger partial charge is 0.0205 e. The Balaban J connectivity index is 1.39. The zero-order valence-electron chi connectivity index (χ0n) is 12.9. The largest absolute Gasteiger partial charge is 0.312 e. The second kappa shape index (κ2) is 6.28. The molecular formula is C18H28N2. The number of hydrogen-bond acceptors (Lipinski definition) is 2. The van der Waals surface area contributed by atoms with Crippen molar-refractivity contribution >= 4 is 0 Å². The number of rotatable bonds is 6. The first-order valence-corrected chi connectivity index (χ1v) is 8.26. The van der Waals surface area contributed by atoms with Gasteiger partial charge in [-0.05, 0) is 55.3 Å². The Morgan fingerprint density at radius 1 is 1.15 bits per heavy atom. The molecule has 1 saturated heterocycles. The van der Waals surface area contributed by atoms with Gasteiger partial charge in [-0.25, -0.2) is 0 Å². The normalized spacial score (nSPS) is 23.6. The lowest BCUT2D eigenvalue weighted by Crippen LogP contribution is -2.27.